The maximum Gasteiger partial charge on any atom is 0.258 e. The van der Waals surface area contributed by atoms with Crippen LogP contribution in [0.25, 0.3) is 0 Å². The number of hydrogen-bond donors (Lipinski definition) is 1. The van der Waals surface area contributed by atoms with Crippen LogP contribution in [0.15, 0.2) is 48.5 Å². The van der Waals surface area contributed by atoms with Gasteiger partial charge in [-0.25, -0.2) is 0 Å². The number of nitrogens with zero attached hydrogens (tertiary/aromatic N) is 1. The smallest absolute Gasteiger partial charge is 0.258 e. The monoisotopic (exact) mass is 281 g/mol. The lowest BCUT2D eigenvalue weighted by atomic mass is 9.98. The van der Waals surface area contributed by atoms with E-state index in [9.17, 15) is 9.90 Å². The minimum absolute atomic E-state index is 0.00277. The molecule has 0 bridgehead atoms. The molecule has 1 atom stereocenters. The first kappa shape index (κ1) is 13.8. The number of aryl methyl sites for hydroxylation is 1. The molecule has 1 amide bonds. The van der Waals surface area contributed by atoms with E-state index in [1.807, 2.05) is 48.5 Å². The number of amides is 1. The van der Waals surface area contributed by atoms with E-state index >= 15 is 0 Å². The first-order chi connectivity index (χ1) is 10.2. The van der Waals surface area contributed by atoms with Gasteiger partial charge in [0, 0.05) is 23.4 Å². The van der Waals surface area contributed by atoms with Gasteiger partial charge in [0.1, 0.15) is 0 Å². The van der Waals surface area contributed by atoms with E-state index in [4.69, 9.17) is 0 Å². The average molecular weight is 281 g/mol. The molecule has 3 nitrogen and oxygen atoms in total. The Morgan fingerprint density at radius 1 is 1.19 bits per heavy atom. The number of aliphatic hydroxyl groups excluding tert-OH is 1. The largest absolute Gasteiger partial charge is 0.388 e. The molecule has 0 radical (unpaired) electrons. The molecule has 0 saturated carbocycles. The van der Waals surface area contributed by atoms with E-state index in [0.29, 0.717) is 18.5 Å². The van der Waals surface area contributed by atoms with Gasteiger partial charge in [0.25, 0.3) is 5.91 Å². The lowest BCUT2D eigenvalue weighted by Gasteiger charge is -2.32. The SMILES string of the molecule is CCc1ccc(C(=O)N2CCC(O)c3ccccc32)cc1. The number of fused-ring (bicyclic) bond motifs is 1. The van der Waals surface area contributed by atoms with E-state index < -0.39 is 6.10 Å². The molecule has 21 heavy (non-hydrogen) atoms. The number of aliphatic hydroxyl groups is 1. The van der Waals surface area contributed by atoms with Crippen LogP contribution in [0, 0.1) is 0 Å². The summed E-state index contributed by atoms with van der Waals surface area (Å²) in [6.45, 7) is 2.64. The van der Waals surface area contributed by atoms with Crippen LogP contribution in [0.3, 0.4) is 0 Å². The predicted molar refractivity (Wildman–Crippen MR) is 83.5 cm³/mol. The van der Waals surface area contributed by atoms with Crippen LogP contribution in [-0.4, -0.2) is 17.6 Å². The molecule has 0 aromatic heterocycles. The molecule has 1 aliphatic rings. The molecule has 2 aromatic rings. The van der Waals surface area contributed by atoms with Gasteiger partial charge >= 0.3 is 0 Å². The maximum atomic E-state index is 12.7. The highest BCUT2D eigenvalue weighted by Crippen LogP contribution is 2.34. The highest BCUT2D eigenvalue weighted by atomic mass is 16.3. The second-order valence-corrected chi connectivity index (χ2v) is 5.37. The van der Waals surface area contributed by atoms with Gasteiger partial charge in [-0.2, -0.15) is 0 Å². The Morgan fingerprint density at radius 3 is 2.62 bits per heavy atom. The zero-order valence-corrected chi connectivity index (χ0v) is 12.1. The van der Waals surface area contributed by atoms with Gasteiger partial charge in [0.2, 0.25) is 0 Å². The van der Waals surface area contributed by atoms with Crippen molar-refractivity contribution in [2.24, 2.45) is 0 Å². The minimum Gasteiger partial charge on any atom is -0.388 e. The molecule has 108 valence electrons. The molecular formula is C18H19NO2. The summed E-state index contributed by atoms with van der Waals surface area (Å²) in [7, 11) is 0. The van der Waals surface area contributed by atoms with Gasteiger partial charge in [-0.05, 0) is 36.6 Å². The Labute approximate surface area is 124 Å². The van der Waals surface area contributed by atoms with Crippen molar-refractivity contribution in [3.05, 3.63) is 65.2 Å². The van der Waals surface area contributed by atoms with Crippen LogP contribution >= 0.6 is 0 Å². The Hall–Kier alpha value is -2.13. The summed E-state index contributed by atoms with van der Waals surface area (Å²) in [6.07, 6.45) is 1.07. The number of carbonyl (C=O) groups excluding carboxylic acids is 1. The molecular weight excluding hydrogens is 262 g/mol. The minimum atomic E-state index is -0.479. The van der Waals surface area contributed by atoms with Gasteiger partial charge in [-0.1, -0.05) is 37.3 Å². The normalized spacial score (nSPS) is 17.4. The first-order valence-corrected chi connectivity index (χ1v) is 7.38. The lowest BCUT2D eigenvalue weighted by Crippen LogP contribution is -2.36. The van der Waals surface area contributed by atoms with E-state index in [1.54, 1.807) is 4.90 Å². The van der Waals surface area contributed by atoms with Crippen LogP contribution in [0.1, 0.15) is 40.9 Å². The van der Waals surface area contributed by atoms with Crippen molar-refractivity contribution < 1.29 is 9.90 Å². The topological polar surface area (TPSA) is 40.5 Å². The van der Waals surface area contributed by atoms with Crippen LogP contribution in [-0.2, 0) is 6.42 Å². The number of rotatable bonds is 2. The number of benzene rings is 2. The molecule has 1 heterocycles. The third-order valence-electron chi connectivity index (χ3n) is 4.07. The summed E-state index contributed by atoms with van der Waals surface area (Å²) in [5.41, 5.74) is 3.57. The van der Waals surface area contributed by atoms with Gasteiger partial charge in [-0.3, -0.25) is 4.79 Å². The van der Waals surface area contributed by atoms with Crippen molar-refractivity contribution in [1.29, 1.82) is 0 Å². The van der Waals surface area contributed by atoms with Crippen molar-refractivity contribution in [1.82, 2.24) is 0 Å². The second kappa shape index (κ2) is 5.70. The molecule has 0 saturated heterocycles. The number of anilines is 1. The average Bonchev–Trinajstić information content (AvgIpc) is 2.55. The zero-order valence-electron chi connectivity index (χ0n) is 12.1. The van der Waals surface area contributed by atoms with E-state index in [0.717, 1.165) is 17.7 Å². The Bertz CT molecular complexity index is 649. The highest BCUT2D eigenvalue weighted by molar-refractivity contribution is 6.06. The Kier molecular flexibility index (Phi) is 3.76. The molecule has 1 aliphatic heterocycles. The van der Waals surface area contributed by atoms with E-state index in [-0.39, 0.29) is 5.91 Å². The maximum absolute atomic E-state index is 12.7. The number of para-hydroxylation sites is 1. The lowest BCUT2D eigenvalue weighted by molar-refractivity contribution is 0.0970. The van der Waals surface area contributed by atoms with Crippen molar-refractivity contribution in [2.75, 3.05) is 11.4 Å². The molecule has 2 aromatic carbocycles. The third-order valence-corrected chi connectivity index (χ3v) is 4.07. The molecule has 1 N–H and O–H groups in total. The molecule has 3 heteroatoms. The summed E-state index contributed by atoms with van der Waals surface area (Å²) in [5, 5.41) is 10.1. The summed E-state index contributed by atoms with van der Waals surface area (Å²) < 4.78 is 0. The highest BCUT2D eigenvalue weighted by Gasteiger charge is 2.27. The van der Waals surface area contributed by atoms with Gasteiger partial charge in [-0.15, -0.1) is 0 Å². The molecule has 1 unspecified atom stereocenters. The Balaban J connectivity index is 1.93. The fourth-order valence-electron chi connectivity index (χ4n) is 2.79. The second-order valence-electron chi connectivity index (χ2n) is 5.37. The fourth-order valence-corrected chi connectivity index (χ4v) is 2.79. The standard InChI is InChI=1S/C18H19NO2/c1-2-13-7-9-14(10-8-13)18(21)19-12-11-17(20)15-5-3-4-6-16(15)19/h3-10,17,20H,2,11-12H2,1H3. The molecule has 3 rings (SSSR count). The molecule has 0 spiro atoms. The Morgan fingerprint density at radius 2 is 1.90 bits per heavy atom. The van der Waals surface area contributed by atoms with Crippen LogP contribution in [0.5, 0.6) is 0 Å². The summed E-state index contributed by atoms with van der Waals surface area (Å²) in [5.74, 6) is -0.00277. The predicted octanol–water partition coefficient (Wildman–Crippen LogP) is 3.33. The van der Waals surface area contributed by atoms with E-state index in [1.165, 1.54) is 5.56 Å². The number of hydrogen-bond acceptors (Lipinski definition) is 2. The zero-order chi connectivity index (χ0) is 14.8. The summed E-state index contributed by atoms with van der Waals surface area (Å²) in [4.78, 5) is 14.5. The summed E-state index contributed by atoms with van der Waals surface area (Å²) in [6, 6.07) is 15.3. The van der Waals surface area contributed by atoms with Gasteiger partial charge in [0.15, 0.2) is 0 Å². The first-order valence-electron chi connectivity index (χ1n) is 7.38. The van der Waals surface area contributed by atoms with Crippen LogP contribution < -0.4 is 4.90 Å². The van der Waals surface area contributed by atoms with E-state index in [2.05, 4.69) is 6.92 Å². The summed E-state index contributed by atoms with van der Waals surface area (Å²) >= 11 is 0. The number of carbonyl (C=O) groups is 1. The van der Waals surface area contributed by atoms with Crippen LogP contribution in [0.2, 0.25) is 0 Å². The van der Waals surface area contributed by atoms with Crippen molar-refractivity contribution in [3.8, 4) is 0 Å². The molecule has 0 aliphatic carbocycles. The van der Waals surface area contributed by atoms with Crippen LogP contribution in [0.4, 0.5) is 5.69 Å². The van der Waals surface area contributed by atoms with Gasteiger partial charge in [0.05, 0.1) is 6.10 Å². The fraction of sp³-hybridized carbons (Fsp3) is 0.278. The quantitative estimate of drug-likeness (QED) is 0.917. The van der Waals surface area contributed by atoms with Crippen molar-refractivity contribution in [3.63, 3.8) is 0 Å². The van der Waals surface area contributed by atoms with Crippen molar-refractivity contribution in [2.45, 2.75) is 25.9 Å². The third kappa shape index (κ3) is 2.57. The molecule has 0 fully saturated rings. The van der Waals surface area contributed by atoms with Crippen molar-refractivity contribution >= 4 is 11.6 Å². The van der Waals surface area contributed by atoms with Gasteiger partial charge < -0.3 is 10.0 Å².